The van der Waals surface area contributed by atoms with E-state index < -0.39 is 16.9 Å². The summed E-state index contributed by atoms with van der Waals surface area (Å²) in [6.07, 6.45) is 1.73. The summed E-state index contributed by atoms with van der Waals surface area (Å²) in [4.78, 5) is 42.9. The predicted molar refractivity (Wildman–Crippen MR) is 157 cm³/mol. The van der Waals surface area contributed by atoms with Gasteiger partial charge in [0.2, 0.25) is 0 Å². The lowest BCUT2D eigenvalue weighted by atomic mass is 9.96. The number of methoxy groups -OCH3 is 1. The average Bonchev–Trinajstić information content (AvgIpc) is 3.29. The lowest BCUT2D eigenvalue weighted by Gasteiger charge is -2.24. The first-order valence-electron chi connectivity index (χ1n) is 13.1. The molecule has 0 saturated heterocycles. The minimum Gasteiger partial charge on any atom is -0.497 e. The first-order valence-corrected chi connectivity index (χ1v) is 13.9. The summed E-state index contributed by atoms with van der Waals surface area (Å²) in [6, 6.07) is 20.0. The van der Waals surface area contributed by atoms with E-state index in [0.717, 1.165) is 0 Å². The Morgan fingerprint density at radius 2 is 1.86 bits per heavy atom. The van der Waals surface area contributed by atoms with Crippen molar-refractivity contribution in [2.24, 2.45) is 4.99 Å². The van der Waals surface area contributed by atoms with Crippen LogP contribution in [0.3, 0.4) is 0 Å². The first kappa shape index (κ1) is 28.5. The van der Waals surface area contributed by atoms with E-state index in [1.165, 1.54) is 22.0 Å². The maximum Gasteiger partial charge on any atom is 0.338 e. The second kappa shape index (κ2) is 12.2. The van der Waals surface area contributed by atoms with E-state index >= 15 is 0 Å². The number of nitro groups is 1. The van der Waals surface area contributed by atoms with Crippen LogP contribution in [0.1, 0.15) is 36.6 Å². The number of hydrogen-bond acceptors (Lipinski definition) is 9. The molecule has 1 unspecified atom stereocenters. The molecule has 0 amide bonds. The lowest BCUT2D eigenvalue weighted by molar-refractivity contribution is -0.385. The number of aromatic nitrogens is 1. The van der Waals surface area contributed by atoms with E-state index in [9.17, 15) is 19.7 Å². The number of fused-ring (bicyclic) bond motifs is 1. The molecule has 3 aromatic carbocycles. The van der Waals surface area contributed by atoms with Crippen LogP contribution in [0.2, 0.25) is 0 Å². The highest BCUT2D eigenvalue weighted by atomic mass is 32.1. The first-order chi connectivity index (χ1) is 20.3. The standard InChI is InChI=1S/C31H27N3O7S/c1-4-40-30(36)27-19(2)32-31-33(28(27)21-12-14-23(39-3)15-13-21)29(35)26(42-31)17-20-8-7-10-24(16-20)41-18-22-9-5-6-11-25(22)34(37)38/h5-17,28H,4,18H2,1-3H3/b26-17+. The van der Waals surface area contributed by atoms with E-state index in [1.807, 2.05) is 18.2 Å². The van der Waals surface area contributed by atoms with Gasteiger partial charge in [0.15, 0.2) is 4.80 Å². The molecule has 0 spiro atoms. The summed E-state index contributed by atoms with van der Waals surface area (Å²) in [5.74, 6) is 0.608. The molecule has 0 radical (unpaired) electrons. The van der Waals surface area contributed by atoms with E-state index in [-0.39, 0.29) is 24.5 Å². The number of carbonyl (C=O) groups is 1. The molecule has 1 atom stereocenters. The summed E-state index contributed by atoms with van der Waals surface area (Å²) < 4.78 is 18.4. The quantitative estimate of drug-likeness (QED) is 0.163. The van der Waals surface area contributed by atoms with Crippen LogP contribution in [-0.4, -0.2) is 29.2 Å². The average molecular weight is 586 g/mol. The van der Waals surface area contributed by atoms with E-state index in [4.69, 9.17) is 14.2 Å². The largest absolute Gasteiger partial charge is 0.497 e. The fourth-order valence-corrected chi connectivity index (χ4v) is 5.76. The van der Waals surface area contributed by atoms with E-state index in [2.05, 4.69) is 4.99 Å². The molecular weight excluding hydrogens is 558 g/mol. The maximum absolute atomic E-state index is 13.8. The van der Waals surface area contributed by atoms with Crippen molar-refractivity contribution in [3.8, 4) is 11.5 Å². The summed E-state index contributed by atoms with van der Waals surface area (Å²) in [5, 5.41) is 11.3. The number of nitro benzene ring substituents is 1. The van der Waals surface area contributed by atoms with Crippen LogP contribution in [0.4, 0.5) is 5.69 Å². The Bertz CT molecular complexity index is 1870. The van der Waals surface area contributed by atoms with Crippen molar-refractivity contribution in [2.45, 2.75) is 26.5 Å². The molecule has 42 heavy (non-hydrogen) atoms. The van der Waals surface area contributed by atoms with Gasteiger partial charge in [0.25, 0.3) is 11.2 Å². The predicted octanol–water partition coefficient (Wildman–Crippen LogP) is 4.29. The number of ether oxygens (including phenoxy) is 3. The van der Waals surface area contributed by atoms with Crippen LogP contribution in [0.25, 0.3) is 6.08 Å². The SMILES string of the molecule is CCOC(=O)C1=C(C)N=c2s/c(=C/c3cccc(OCc4ccccc4[N+](=O)[O-])c3)c(=O)n2C1c1ccc(OC)cc1. The van der Waals surface area contributed by atoms with Gasteiger partial charge in [0.05, 0.1) is 46.0 Å². The molecule has 214 valence electrons. The molecule has 4 aromatic rings. The Balaban J connectivity index is 1.53. The molecule has 0 saturated carbocycles. The van der Waals surface area contributed by atoms with Gasteiger partial charge in [0.1, 0.15) is 18.1 Å². The minimum absolute atomic E-state index is 0.0145. The molecular formula is C31H27N3O7S. The number of thiazole rings is 1. The van der Waals surface area contributed by atoms with Crippen molar-refractivity contribution in [2.75, 3.05) is 13.7 Å². The summed E-state index contributed by atoms with van der Waals surface area (Å²) in [6.45, 7) is 3.66. The summed E-state index contributed by atoms with van der Waals surface area (Å²) in [7, 11) is 1.57. The molecule has 1 aliphatic rings. The Kier molecular flexibility index (Phi) is 8.30. The number of rotatable bonds is 9. The zero-order valence-corrected chi connectivity index (χ0v) is 23.9. The van der Waals surface area contributed by atoms with Crippen LogP contribution in [0.5, 0.6) is 11.5 Å². The second-order valence-electron chi connectivity index (χ2n) is 9.32. The van der Waals surface area contributed by atoms with Crippen LogP contribution >= 0.6 is 11.3 Å². The van der Waals surface area contributed by atoms with E-state index in [0.29, 0.717) is 48.8 Å². The number of benzene rings is 3. The zero-order chi connectivity index (χ0) is 29.8. The van der Waals surface area contributed by atoms with Gasteiger partial charge in [-0.3, -0.25) is 19.5 Å². The van der Waals surface area contributed by atoms with Gasteiger partial charge in [0, 0.05) is 6.07 Å². The second-order valence-corrected chi connectivity index (χ2v) is 10.3. The minimum atomic E-state index is -0.732. The molecule has 0 aliphatic carbocycles. The molecule has 11 heteroatoms. The molecule has 0 bridgehead atoms. The van der Waals surface area contributed by atoms with Crippen molar-refractivity contribution in [1.29, 1.82) is 0 Å². The third-order valence-electron chi connectivity index (χ3n) is 6.69. The fraction of sp³-hybridized carbons (Fsp3) is 0.194. The highest BCUT2D eigenvalue weighted by Gasteiger charge is 2.33. The van der Waals surface area contributed by atoms with Gasteiger partial charge in [-0.15, -0.1) is 0 Å². The number of para-hydroxylation sites is 1. The number of nitrogens with zero attached hydrogens (tertiary/aromatic N) is 3. The smallest absolute Gasteiger partial charge is 0.338 e. The van der Waals surface area contributed by atoms with Crippen molar-refractivity contribution in [1.82, 2.24) is 4.57 Å². The van der Waals surface area contributed by atoms with Gasteiger partial charge < -0.3 is 14.2 Å². The molecule has 0 N–H and O–H groups in total. The highest BCUT2D eigenvalue weighted by molar-refractivity contribution is 7.07. The van der Waals surface area contributed by atoms with Gasteiger partial charge in [-0.25, -0.2) is 9.79 Å². The Morgan fingerprint density at radius 1 is 1.10 bits per heavy atom. The van der Waals surface area contributed by atoms with Gasteiger partial charge >= 0.3 is 5.97 Å². The Morgan fingerprint density at radius 3 is 2.57 bits per heavy atom. The van der Waals surface area contributed by atoms with Gasteiger partial charge in [-0.05, 0) is 61.4 Å². The van der Waals surface area contributed by atoms with Crippen LogP contribution in [0, 0.1) is 10.1 Å². The van der Waals surface area contributed by atoms with Crippen molar-refractivity contribution >= 4 is 29.1 Å². The van der Waals surface area contributed by atoms with Crippen molar-refractivity contribution in [3.05, 3.63) is 131 Å². The molecule has 1 aromatic heterocycles. The molecule has 5 rings (SSSR count). The normalized spacial score (nSPS) is 14.6. The molecule has 0 fully saturated rings. The topological polar surface area (TPSA) is 122 Å². The number of hydrogen-bond donors (Lipinski definition) is 0. The molecule has 10 nitrogen and oxygen atoms in total. The van der Waals surface area contributed by atoms with Gasteiger partial charge in [-0.2, -0.15) is 0 Å². The number of esters is 1. The number of allylic oxidation sites excluding steroid dienone is 1. The van der Waals surface area contributed by atoms with Crippen LogP contribution in [-0.2, 0) is 16.1 Å². The number of carbonyl (C=O) groups excluding carboxylic acids is 1. The van der Waals surface area contributed by atoms with Crippen LogP contribution in [0.15, 0.2) is 93.9 Å². The van der Waals surface area contributed by atoms with Crippen molar-refractivity contribution in [3.63, 3.8) is 0 Å². The summed E-state index contributed by atoms with van der Waals surface area (Å²) >= 11 is 1.22. The van der Waals surface area contributed by atoms with Crippen molar-refractivity contribution < 1.29 is 23.9 Å². The molecule has 1 aliphatic heterocycles. The maximum atomic E-state index is 13.8. The highest BCUT2D eigenvalue weighted by Crippen LogP contribution is 2.31. The van der Waals surface area contributed by atoms with Crippen LogP contribution < -0.4 is 24.4 Å². The fourth-order valence-electron chi connectivity index (χ4n) is 4.71. The summed E-state index contributed by atoms with van der Waals surface area (Å²) in [5.41, 5.74) is 2.32. The van der Waals surface area contributed by atoms with E-state index in [1.54, 1.807) is 75.6 Å². The Labute approximate surface area is 244 Å². The zero-order valence-electron chi connectivity index (χ0n) is 23.1. The Hall–Kier alpha value is -5.03. The monoisotopic (exact) mass is 585 g/mol. The third kappa shape index (κ3) is 5.72. The third-order valence-corrected chi connectivity index (χ3v) is 7.67. The lowest BCUT2D eigenvalue weighted by Crippen LogP contribution is -2.39. The van der Waals surface area contributed by atoms with Gasteiger partial charge in [-0.1, -0.05) is 47.7 Å². The molecule has 2 heterocycles.